The fourth-order valence-corrected chi connectivity index (χ4v) is 3.67. The van der Waals surface area contributed by atoms with Gasteiger partial charge in [-0.05, 0) is 61.7 Å². The van der Waals surface area contributed by atoms with Gasteiger partial charge in [0.2, 0.25) is 9.84 Å². The molecule has 0 fully saturated rings. The SMILES string of the molecule is Cc1ccc(S(=O)(=O)c2ccc(O)c(C)c2C)c(O)c1. The van der Waals surface area contributed by atoms with Crippen LogP contribution in [0, 0.1) is 20.8 Å². The molecule has 0 radical (unpaired) electrons. The Kier molecular flexibility index (Phi) is 3.48. The zero-order chi connectivity index (χ0) is 15.1. The van der Waals surface area contributed by atoms with Gasteiger partial charge in [0, 0.05) is 0 Å². The second-order valence-corrected chi connectivity index (χ2v) is 6.69. The van der Waals surface area contributed by atoms with Gasteiger partial charge in [-0.3, -0.25) is 0 Å². The maximum absolute atomic E-state index is 12.6. The molecule has 0 saturated carbocycles. The van der Waals surface area contributed by atoms with Crippen molar-refractivity contribution in [2.75, 3.05) is 0 Å². The Hall–Kier alpha value is -2.01. The molecule has 0 unspecified atom stereocenters. The highest BCUT2D eigenvalue weighted by Crippen LogP contribution is 2.33. The normalized spacial score (nSPS) is 11.6. The average Bonchev–Trinajstić information content (AvgIpc) is 2.35. The van der Waals surface area contributed by atoms with Crippen molar-refractivity contribution in [3.63, 3.8) is 0 Å². The summed E-state index contributed by atoms with van der Waals surface area (Å²) in [5.74, 6) is -0.218. The van der Waals surface area contributed by atoms with Crippen molar-refractivity contribution >= 4 is 9.84 Å². The molecule has 0 amide bonds. The van der Waals surface area contributed by atoms with E-state index in [1.54, 1.807) is 26.8 Å². The molecule has 2 rings (SSSR count). The van der Waals surface area contributed by atoms with E-state index in [4.69, 9.17) is 0 Å². The highest BCUT2D eigenvalue weighted by atomic mass is 32.2. The Morgan fingerprint density at radius 2 is 1.40 bits per heavy atom. The Bertz CT molecular complexity index is 777. The molecule has 5 heteroatoms. The van der Waals surface area contributed by atoms with Gasteiger partial charge < -0.3 is 10.2 Å². The first kappa shape index (κ1) is 14.4. The quantitative estimate of drug-likeness (QED) is 0.892. The molecule has 0 aromatic heterocycles. The highest BCUT2D eigenvalue weighted by molar-refractivity contribution is 7.91. The third-order valence-corrected chi connectivity index (χ3v) is 5.35. The lowest BCUT2D eigenvalue weighted by molar-refractivity contribution is 0.458. The van der Waals surface area contributed by atoms with Gasteiger partial charge in [-0.15, -0.1) is 0 Å². The number of sulfone groups is 1. The summed E-state index contributed by atoms with van der Waals surface area (Å²) >= 11 is 0. The Labute approximate surface area is 118 Å². The van der Waals surface area contributed by atoms with Crippen LogP contribution in [-0.4, -0.2) is 18.6 Å². The summed E-state index contributed by atoms with van der Waals surface area (Å²) in [4.78, 5) is -0.0387. The van der Waals surface area contributed by atoms with Crippen LogP contribution >= 0.6 is 0 Å². The van der Waals surface area contributed by atoms with E-state index >= 15 is 0 Å². The highest BCUT2D eigenvalue weighted by Gasteiger charge is 2.24. The van der Waals surface area contributed by atoms with Crippen molar-refractivity contribution in [2.24, 2.45) is 0 Å². The van der Waals surface area contributed by atoms with Gasteiger partial charge in [0.05, 0.1) is 4.90 Å². The van der Waals surface area contributed by atoms with E-state index in [0.717, 1.165) is 5.56 Å². The van der Waals surface area contributed by atoms with E-state index in [2.05, 4.69) is 0 Å². The van der Waals surface area contributed by atoms with Gasteiger partial charge in [-0.25, -0.2) is 8.42 Å². The first-order valence-corrected chi connectivity index (χ1v) is 7.57. The van der Waals surface area contributed by atoms with Crippen LogP contribution in [-0.2, 0) is 9.84 Å². The predicted molar refractivity (Wildman–Crippen MR) is 75.9 cm³/mol. The molecule has 0 aliphatic carbocycles. The van der Waals surface area contributed by atoms with E-state index in [0.29, 0.717) is 11.1 Å². The van der Waals surface area contributed by atoms with Crippen molar-refractivity contribution in [2.45, 2.75) is 30.6 Å². The van der Waals surface area contributed by atoms with Gasteiger partial charge in [0.1, 0.15) is 16.4 Å². The molecule has 0 atom stereocenters. The molecule has 106 valence electrons. The maximum Gasteiger partial charge on any atom is 0.210 e. The van der Waals surface area contributed by atoms with Crippen LogP contribution in [0.25, 0.3) is 0 Å². The molecule has 2 N–H and O–H groups in total. The molecular formula is C15H16O4S. The zero-order valence-corrected chi connectivity index (χ0v) is 12.3. The van der Waals surface area contributed by atoms with Crippen LogP contribution in [0.4, 0.5) is 0 Å². The smallest absolute Gasteiger partial charge is 0.210 e. The number of phenols is 2. The molecule has 0 bridgehead atoms. The molecule has 4 nitrogen and oxygen atoms in total. The van der Waals surface area contributed by atoms with E-state index in [1.165, 1.54) is 24.3 Å². The van der Waals surface area contributed by atoms with Gasteiger partial charge >= 0.3 is 0 Å². The number of aryl methyl sites for hydroxylation is 1. The number of benzene rings is 2. The summed E-state index contributed by atoms with van der Waals surface area (Å²) in [5.41, 5.74) is 1.77. The minimum atomic E-state index is -3.82. The lowest BCUT2D eigenvalue weighted by atomic mass is 10.1. The third kappa shape index (κ3) is 2.25. The first-order valence-electron chi connectivity index (χ1n) is 6.09. The maximum atomic E-state index is 12.6. The molecule has 0 saturated heterocycles. The molecule has 2 aromatic rings. The monoisotopic (exact) mass is 292 g/mol. The molecule has 20 heavy (non-hydrogen) atoms. The van der Waals surface area contributed by atoms with Crippen LogP contribution < -0.4 is 0 Å². The number of hydrogen-bond acceptors (Lipinski definition) is 4. The topological polar surface area (TPSA) is 74.6 Å². The number of phenolic OH excluding ortho intramolecular Hbond substituents is 2. The Balaban J connectivity index is 2.70. The minimum Gasteiger partial charge on any atom is -0.508 e. The van der Waals surface area contributed by atoms with E-state index in [-0.39, 0.29) is 21.3 Å². The second kappa shape index (κ2) is 4.83. The van der Waals surface area contributed by atoms with Crippen LogP contribution in [0.5, 0.6) is 11.5 Å². The van der Waals surface area contributed by atoms with E-state index in [9.17, 15) is 18.6 Å². The lowest BCUT2D eigenvalue weighted by Gasteiger charge is -2.12. The van der Waals surface area contributed by atoms with Crippen molar-refractivity contribution in [1.29, 1.82) is 0 Å². The molecule has 0 aliphatic rings. The number of hydrogen-bond donors (Lipinski definition) is 2. The van der Waals surface area contributed by atoms with Crippen LogP contribution in [0.3, 0.4) is 0 Å². The number of rotatable bonds is 2. The van der Waals surface area contributed by atoms with Crippen molar-refractivity contribution in [1.82, 2.24) is 0 Å². The van der Waals surface area contributed by atoms with Gasteiger partial charge in [-0.2, -0.15) is 0 Å². The fourth-order valence-electron chi connectivity index (χ4n) is 2.05. The molecule has 0 spiro atoms. The van der Waals surface area contributed by atoms with E-state index in [1.807, 2.05) is 0 Å². The summed E-state index contributed by atoms with van der Waals surface area (Å²) in [6.45, 7) is 5.05. The van der Waals surface area contributed by atoms with Crippen molar-refractivity contribution < 1.29 is 18.6 Å². The van der Waals surface area contributed by atoms with E-state index < -0.39 is 9.84 Å². The Morgan fingerprint density at radius 3 is 2.00 bits per heavy atom. The third-order valence-electron chi connectivity index (χ3n) is 3.40. The second-order valence-electron chi connectivity index (χ2n) is 4.81. The standard InChI is InChI=1S/C15H16O4S/c1-9-4-6-15(13(17)8-9)20(18,19)14-7-5-12(16)10(2)11(14)3/h4-8,16-17H,1-3H3. The average molecular weight is 292 g/mol. The van der Waals surface area contributed by atoms with Gasteiger partial charge in [0.15, 0.2) is 0 Å². The summed E-state index contributed by atoms with van der Waals surface area (Å²) in [6.07, 6.45) is 0. The lowest BCUT2D eigenvalue weighted by Crippen LogP contribution is -2.05. The largest absolute Gasteiger partial charge is 0.508 e. The summed E-state index contributed by atoms with van der Waals surface area (Å²) < 4.78 is 25.2. The van der Waals surface area contributed by atoms with Crippen molar-refractivity contribution in [3.8, 4) is 11.5 Å². The number of aromatic hydroxyl groups is 2. The van der Waals surface area contributed by atoms with Crippen molar-refractivity contribution in [3.05, 3.63) is 47.0 Å². The molecule has 0 heterocycles. The van der Waals surface area contributed by atoms with Gasteiger partial charge in [-0.1, -0.05) is 6.07 Å². The zero-order valence-electron chi connectivity index (χ0n) is 11.5. The summed E-state index contributed by atoms with van der Waals surface area (Å²) in [5, 5.41) is 19.5. The first-order chi connectivity index (χ1) is 9.25. The minimum absolute atomic E-state index is 0.0505. The summed E-state index contributed by atoms with van der Waals surface area (Å²) in [6, 6.07) is 7.14. The summed E-state index contributed by atoms with van der Waals surface area (Å²) in [7, 11) is -3.82. The predicted octanol–water partition coefficient (Wildman–Crippen LogP) is 2.86. The molecule has 0 aliphatic heterocycles. The molecular weight excluding hydrogens is 276 g/mol. The van der Waals surface area contributed by atoms with Gasteiger partial charge in [0.25, 0.3) is 0 Å². The fraction of sp³-hybridized carbons (Fsp3) is 0.200. The van der Waals surface area contributed by atoms with Crippen LogP contribution in [0.2, 0.25) is 0 Å². The Morgan fingerprint density at radius 1 is 0.800 bits per heavy atom. The molecule has 2 aromatic carbocycles. The van der Waals surface area contributed by atoms with Crippen LogP contribution in [0.15, 0.2) is 40.1 Å². The van der Waals surface area contributed by atoms with Crippen LogP contribution in [0.1, 0.15) is 16.7 Å².